The van der Waals surface area contributed by atoms with E-state index in [0.717, 1.165) is 0 Å². The highest BCUT2D eigenvalue weighted by Crippen LogP contribution is 2.50. The average molecular weight is 326 g/mol. The third-order valence-corrected chi connectivity index (χ3v) is 5.65. The molecular formula is C25H26. The van der Waals surface area contributed by atoms with E-state index >= 15 is 0 Å². The van der Waals surface area contributed by atoms with Gasteiger partial charge in [-0.2, -0.15) is 0 Å². The van der Waals surface area contributed by atoms with Crippen molar-refractivity contribution in [1.82, 2.24) is 0 Å². The number of hydrogen-bond donors (Lipinski definition) is 0. The minimum Gasteiger partial charge on any atom is -0.0622 e. The van der Waals surface area contributed by atoms with E-state index in [9.17, 15) is 0 Å². The van der Waals surface area contributed by atoms with Crippen molar-refractivity contribution in [1.29, 1.82) is 0 Å². The summed E-state index contributed by atoms with van der Waals surface area (Å²) in [4.78, 5) is 0. The van der Waals surface area contributed by atoms with Gasteiger partial charge in [-0.15, -0.1) is 0 Å². The van der Waals surface area contributed by atoms with Crippen molar-refractivity contribution in [3.05, 3.63) is 83.4 Å². The third-order valence-electron chi connectivity index (χ3n) is 5.65. The first-order valence-electron chi connectivity index (χ1n) is 9.14. The lowest BCUT2D eigenvalue weighted by molar-refractivity contribution is 0.589. The Morgan fingerprint density at radius 1 is 0.640 bits per heavy atom. The van der Waals surface area contributed by atoms with Crippen LogP contribution >= 0.6 is 0 Å². The van der Waals surface area contributed by atoms with E-state index in [1.165, 1.54) is 38.9 Å². The van der Waals surface area contributed by atoms with Crippen LogP contribution in [0, 0.1) is 0 Å². The van der Waals surface area contributed by atoms with Crippen molar-refractivity contribution in [3.8, 4) is 22.3 Å². The smallest absolute Gasteiger partial charge is 0.0158 e. The van der Waals surface area contributed by atoms with E-state index in [4.69, 9.17) is 0 Å². The highest BCUT2D eigenvalue weighted by Gasteiger charge is 2.36. The Bertz CT molecular complexity index is 938. The van der Waals surface area contributed by atoms with Gasteiger partial charge < -0.3 is 0 Å². The molecule has 0 saturated carbocycles. The molecule has 3 aromatic rings. The van der Waals surface area contributed by atoms with Crippen LogP contribution in [-0.4, -0.2) is 0 Å². The topological polar surface area (TPSA) is 0 Å². The van der Waals surface area contributed by atoms with Crippen molar-refractivity contribution >= 4 is 0 Å². The molecule has 0 saturated heterocycles. The van der Waals surface area contributed by atoms with Crippen LogP contribution in [-0.2, 0) is 10.8 Å². The Kier molecular flexibility index (Phi) is 3.44. The van der Waals surface area contributed by atoms with Crippen molar-refractivity contribution in [3.63, 3.8) is 0 Å². The maximum atomic E-state index is 2.41. The molecule has 0 aromatic heterocycles. The average Bonchev–Trinajstić information content (AvgIpc) is 2.82. The number of hydrogen-bond acceptors (Lipinski definition) is 0. The van der Waals surface area contributed by atoms with Gasteiger partial charge in [-0.1, -0.05) is 95.3 Å². The molecule has 0 radical (unpaired) electrons. The molecule has 0 N–H and O–H groups in total. The molecule has 0 aliphatic heterocycles. The molecule has 0 heteroatoms. The Hall–Kier alpha value is -2.34. The lowest BCUT2D eigenvalue weighted by atomic mass is 9.80. The minimum absolute atomic E-state index is 0.0658. The zero-order chi connectivity index (χ0) is 17.8. The van der Waals surface area contributed by atoms with Gasteiger partial charge in [-0.3, -0.25) is 0 Å². The molecule has 0 amide bonds. The first-order chi connectivity index (χ1) is 11.8. The largest absolute Gasteiger partial charge is 0.0622 e. The zero-order valence-corrected chi connectivity index (χ0v) is 15.9. The Morgan fingerprint density at radius 2 is 1.24 bits per heavy atom. The summed E-state index contributed by atoms with van der Waals surface area (Å²) in [6, 6.07) is 24.7. The van der Waals surface area contributed by atoms with Crippen LogP contribution in [0.15, 0.2) is 66.7 Å². The minimum atomic E-state index is 0.0658. The van der Waals surface area contributed by atoms with E-state index in [1.54, 1.807) is 0 Å². The van der Waals surface area contributed by atoms with Gasteiger partial charge in [-0.25, -0.2) is 0 Å². The van der Waals surface area contributed by atoms with Gasteiger partial charge in [0.25, 0.3) is 0 Å². The molecule has 4 rings (SSSR count). The van der Waals surface area contributed by atoms with Gasteiger partial charge in [0.15, 0.2) is 0 Å². The van der Waals surface area contributed by atoms with Crippen molar-refractivity contribution < 1.29 is 0 Å². The highest BCUT2D eigenvalue weighted by atomic mass is 14.4. The number of benzene rings is 3. The second kappa shape index (κ2) is 5.33. The molecule has 25 heavy (non-hydrogen) atoms. The maximum absolute atomic E-state index is 2.41. The Balaban J connectivity index is 1.94. The Morgan fingerprint density at radius 3 is 1.88 bits per heavy atom. The standard InChI is InChI=1S/C25H26/c1-24(2,3)19-12-14-23-21(16-19)20-15-18(17-9-7-6-8-10-17)11-13-22(20)25(23,4)5/h6-16H,1-5H3. The quantitative estimate of drug-likeness (QED) is 0.453. The summed E-state index contributed by atoms with van der Waals surface area (Å²) in [6.07, 6.45) is 0. The first kappa shape index (κ1) is 16.1. The molecule has 3 aromatic carbocycles. The van der Waals surface area contributed by atoms with Gasteiger partial charge in [0.1, 0.15) is 0 Å². The summed E-state index contributed by atoms with van der Waals surface area (Å²) < 4.78 is 0. The molecule has 0 atom stereocenters. The molecule has 1 aliphatic carbocycles. The van der Waals surface area contributed by atoms with Gasteiger partial charge in [-0.05, 0) is 50.4 Å². The van der Waals surface area contributed by atoms with Crippen LogP contribution in [0.2, 0.25) is 0 Å². The van der Waals surface area contributed by atoms with Crippen molar-refractivity contribution in [2.75, 3.05) is 0 Å². The Labute approximate surface area is 151 Å². The molecule has 0 bridgehead atoms. The molecule has 0 nitrogen and oxygen atoms in total. The van der Waals surface area contributed by atoms with Crippen LogP contribution in [0.5, 0.6) is 0 Å². The first-order valence-corrected chi connectivity index (χ1v) is 9.14. The second-order valence-electron chi connectivity index (χ2n) is 8.76. The van der Waals surface area contributed by atoms with E-state index in [1.807, 2.05) is 0 Å². The van der Waals surface area contributed by atoms with Crippen LogP contribution in [0.1, 0.15) is 51.3 Å². The monoisotopic (exact) mass is 326 g/mol. The number of fused-ring (bicyclic) bond motifs is 3. The van der Waals surface area contributed by atoms with Gasteiger partial charge in [0.2, 0.25) is 0 Å². The predicted octanol–water partition coefficient (Wildman–Crippen LogP) is 6.96. The fourth-order valence-electron chi connectivity index (χ4n) is 4.05. The second-order valence-corrected chi connectivity index (χ2v) is 8.76. The van der Waals surface area contributed by atoms with E-state index < -0.39 is 0 Å². The molecule has 0 fully saturated rings. The summed E-state index contributed by atoms with van der Waals surface area (Å²) in [5.74, 6) is 0. The lowest BCUT2D eigenvalue weighted by Gasteiger charge is -2.23. The van der Waals surface area contributed by atoms with Crippen molar-refractivity contribution in [2.45, 2.75) is 45.4 Å². The lowest BCUT2D eigenvalue weighted by Crippen LogP contribution is -2.16. The van der Waals surface area contributed by atoms with Gasteiger partial charge >= 0.3 is 0 Å². The zero-order valence-electron chi connectivity index (χ0n) is 15.9. The molecule has 0 spiro atoms. The molecule has 0 unspecified atom stereocenters. The van der Waals surface area contributed by atoms with E-state index in [2.05, 4.69) is 101 Å². The summed E-state index contributed by atoms with van der Waals surface area (Å²) in [5, 5.41) is 0. The summed E-state index contributed by atoms with van der Waals surface area (Å²) in [7, 11) is 0. The van der Waals surface area contributed by atoms with Crippen LogP contribution in [0.25, 0.3) is 22.3 Å². The number of rotatable bonds is 1. The third kappa shape index (κ3) is 2.52. The van der Waals surface area contributed by atoms with Crippen molar-refractivity contribution in [2.24, 2.45) is 0 Å². The van der Waals surface area contributed by atoms with E-state index in [-0.39, 0.29) is 10.8 Å². The molecule has 126 valence electrons. The highest BCUT2D eigenvalue weighted by molar-refractivity contribution is 5.84. The molecular weight excluding hydrogens is 300 g/mol. The maximum Gasteiger partial charge on any atom is 0.0158 e. The SMILES string of the molecule is CC(C)(C)c1ccc2c(c1)-c1cc(-c3ccccc3)ccc1C2(C)C. The van der Waals surface area contributed by atoms with Gasteiger partial charge in [0, 0.05) is 5.41 Å². The molecule has 0 heterocycles. The fraction of sp³-hybridized carbons (Fsp3) is 0.280. The molecule has 1 aliphatic rings. The normalized spacial score (nSPS) is 14.9. The van der Waals surface area contributed by atoms with Crippen LogP contribution in [0.3, 0.4) is 0 Å². The fourth-order valence-corrected chi connectivity index (χ4v) is 4.05. The summed E-state index contributed by atoms with van der Waals surface area (Å²) >= 11 is 0. The van der Waals surface area contributed by atoms with Crippen LogP contribution < -0.4 is 0 Å². The van der Waals surface area contributed by atoms with Crippen LogP contribution in [0.4, 0.5) is 0 Å². The summed E-state index contributed by atoms with van der Waals surface area (Å²) in [5.41, 5.74) is 9.90. The van der Waals surface area contributed by atoms with E-state index in [0.29, 0.717) is 0 Å². The van der Waals surface area contributed by atoms with Gasteiger partial charge in [0.05, 0.1) is 0 Å². The summed E-state index contributed by atoms with van der Waals surface area (Å²) in [6.45, 7) is 11.6. The predicted molar refractivity (Wildman–Crippen MR) is 108 cm³/mol.